The van der Waals surface area contributed by atoms with Gasteiger partial charge in [-0.3, -0.25) is 9.69 Å². The summed E-state index contributed by atoms with van der Waals surface area (Å²) in [4.78, 5) is 16.9. The first-order chi connectivity index (χ1) is 16.4. The van der Waals surface area contributed by atoms with Crippen molar-refractivity contribution in [2.24, 2.45) is 0 Å². The minimum Gasteiger partial charge on any atom is -0.379 e. The number of amides is 1. The van der Waals surface area contributed by atoms with E-state index in [2.05, 4.69) is 23.7 Å². The van der Waals surface area contributed by atoms with Gasteiger partial charge in [0.2, 0.25) is 15.9 Å². The van der Waals surface area contributed by atoms with Crippen molar-refractivity contribution in [2.45, 2.75) is 24.4 Å². The largest absolute Gasteiger partial charge is 0.379 e. The molecule has 9 heteroatoms. The number of benzene rings is 2. The molecule has 1 aliphatic heterocycles. The predicted octanol–water partition coefficient (Wildman–Crippen LogP) is 3.89. The van der Waals surface area contributed by atoms with Gasteiger partial charge in [0.1, 0.15) is 6.04 Å². The van der Waals surface area contributed by atoms with Crippen LogP contribution in [0.25, 0.3) is 0 Å². The first kappa shape index (κ1) is 24.6. The number of hydrogen-bond donors (Lipinski definition) is 1. The average Bonchev–Trinajstić information content (AvgIpc) is 3.24. The van der Waals surface area contributed by atoms with Crippen LogP contribution in [0.15, 0.2) is 70.9 Å². The van der Waals surface area contributed by atoms with Crippen LogP contribution in [0, 0.1) is 6.92 Å². The molecule has 0 aliphatic carbocycles. The van der Waals surface area contributed by atoms with Gasteiger partial charge in [-0.05, 0) is 54.7 Å². The van der Waals surface area contributed by atoms with Gasteiger partial charge >= 0.3 is 0 Å². The van der Waals surface area contributed by atoms with E-state index in [0.29, 0.717) is 38.5 Å². The van der Waals surface area contributed by atoms with Crippen molar-refractivity contribution in [1.82, 2.24) is 9.21 Å². The van der Waals surface area contributed by atoms with Crippen molar-refractivity contribution in [2.75, 3.05) is 38.7 Å². The lowest BCUT2D eigenvalue weighted by Crippen LogP contribution is -2.40. The van der Waals surface area contributed by atoms with Gasteiger partial charge in [-0.15, -0.1) is 11.3 Å². The summed E-state index contributed by atoms with van der Waals surface area (Å²) in [6.45, 7) is 4.10. The molecular formula is C25H29N3O4S2. The van der Waals surface area contributed by atoms with Gasteiger partial charge in [-0.25, -0.2) is 8.42 Å². The highest BCUT2D eigenvalue weighted by atomic mass is 32.2. The first-order valence-electron chi connectivity index (χ1n) is 11.1. The molecule has 0 unspecified atom stereocenters. The lowest BCUT2D eigenvalue weighted by molar-refractivity contribution is -0.121. The number of anilines is 1. The van der Waals surface area contributed by atoms with E-state index < -0.39 is 16.1 Å². The Kier molecular flexibility index (Phi) is 7.80. The van der Waals surface area contributed by atoms with E-state index in [0.717, 1.165) is 5.56 Å². The van der Waals surface area contributed by atoms with E-state index in [9.17, 15) is 13.2 Å². The van der Waals surface area contributed by atoms with Gasteiger partial charge in [0.15, 0.2) is 0 Å². The van der Waals surface area contributed by atoms with Crippen LogP contribution in [0.2, 0.25) is 0 Å². The highest BCUT2D eigenvalue weighted by molar-refractivity contribution is 7.89. The summed E-state index contributed by atoms with van der Waals surface area (Å²) < 4.78 is 32.8. The fourth-order valence-corrected chi connectivity index (χ4v) is 6.43. The van der Waals surface area contributed by atoms with Crippen molar-refractivity contribution in [3.8, 4) is 0 Å². The van der Waals surface area contributed by atoms with Crippen LogP contribution in [0.4, 0.5) is 5.69 Å². The Bertz CT molecular complexity index is 1220. The Balaban J connectivity index is 1.57. The number of rotatable bonds is 8. The highest BCUT2D eigenvalue weighted by Gasteiger charge is 2.28. The molecule has 0 radical (unpaired) electrons. The number of carbonyl (C=O) groups is 1. The van der Waals surface area contributed by atoms with E-state index in [1.54, 1.807) is 29.5 Å². The lowest BCUT2D eigenvalue weighted by atomic mass is 10.0. The number of ether oxygens (including phenoxy) is 1. The summed E-state index contributed by atoms with van der Waals surface area (Å²) in [5.41, 5.74) is 2.51. The molecular weight excluding hydrogens is 470 g/mol. The molecule has 1 atom stereocenters. The highest BCUT2D eigenvalue weighted by Crippen LogP contribution is 2.27. The molecule has 0 spiro atoms. The van der Waals surface area contributed by atoms with Crippen LogP contribution in [-0.2, 0) is 26.1 Å². The zero-order chi connectivity index (χ0) is 24.1. The number of likely N-dealkylation sites (N-methyl/N-ethyl adjacent to an activating group) is 1. The van der Waals surface area contributed by atoms with E-state index in [1.165, 1.54) is 20.8 Å². The zero-order valence-electron chi connectivity index (χ0n) is 19.3. The maximum Gasteiger partial charge on any atom is 0.246 e. The van der Waals surface area contributed by atoms with Crippen molar-refractivity contribution < 1.29 is 17.9 Å². The molecule has 0 saturated carbocycles. The molecule has 2 heterocycles. The fourth-order valence-electron chi connectivity index (χ4n) is 4.01. The summed E-state index contributed by atoms with van der Waals surface area (Å²) >= 11 is 1.67. The van der Waals surface area contributed by atoms with Crippen LogP contribution < -0.4 is 5.32 Å². The van der Waals surface area contributed by atoms with Crippen LogP contribution in [0.1, 0.15) is 22.0 Å². The Hall–Kier alpha value is -2.56. The number of carbonyl (C=O) groups excluding carboxylic acids is 1. The molecule has 1 aromatic heterocycles. The molecule has 1 saturated heterocycles. The second-order valence-electron chi connectivity index (χ2n) is 8.29. The van der Waals surface area contributed by atoms with Gasteiger partial charge in [0, 0.05) is 30.2 Å². The van der Waals surface area contributed by atoms with Gasteiger partial charge in [-0.1, -0.05) is 36.4 Å². The maximum atomic E-state index is 13.5. The monoisotopic (exact) mass is 499 g/mol. The molecule has 1 amide bonds. The SMILES string of the molecule is Cc1ccsc1CN(C)[C@H](C(=O)Nc1cccc(S(=O)(=O)N2CCOCC2)c1)c1ccccc1. The minimum atomic E-state index is -3.66. The normalized spacial score (nSPS) is 15.9. The summed E-state index contributed by atoms with van der Waals surface area (Å²) in [6, 6.07) is 17.6. The van der Waals surface area contributed by atoms with Crippen LogP contribution in [0.3, 0.4) is 0 Å². The average molecular weight is 500 g/mol. The van der Waals surface area contributed by atoms with Crippen molar-refractivity contribution >= 4 is 33.0 Å². The Morgan fingerprint density at radius 1 is 1.12 bits per heavy atom. The van der Waals surface area contributed by atoms with E-state index in [4.69, 9.17) is 4.74 Å². The number of nitrogens with zero attached hydrogens (tertiary/aromatic N) is 2. The number of nitrogens with one attached hydrogen (secondary N) is 1. The quantitative estimate of drug-likeness (QED) is 0.509. The molecule has 7 nitrogen and oxygen atoms in total. The van der Waals surface area contributed by atoms with E-state index in [1.807, 2.05) is 42.3 Å². The minimum absolute atomic E-state index is 0.158. The van der Waals surface area contributed by atoms with Gasteiger partial charge in [-0.2, -0.15) is 4.31 Å². The molecule has 4 rings (SSSR count). The number of morpholine rings is 1. The zero-order valence-corrected chi connectivity index (χ0v) is 20.9. The van der Waals surface area contributed by atoms with Crippen molar-refractivity contribution in [3.63, 3.8) is 0 Å². The van der Waals surface area contributed by atoms with Crippen LogP contribution in [0.5, 0.6) is 0 Å². The third-order valence-electron chi connectivity index (χ3n) is 5.88. The van der Waals surface area contributed by atoms with Gasteiger partial charge in [0.25, 0.3) is 0 Å². The summed E-state index contributed by atoms with van der Waals surface area (Å²) in [6.07, 6.45) is 0. The summed E-state index contributed by atoms with van der Waals surface area (Å²) in [5, 5.41) is 5.00. The van der Waals surface area contributed by atoms with Crippen LogP contribution in [-0.4, -0.2) is 56.9 Å². The first-order valence-corrected chi connectivity index (χ1v) is 13.5. The maximum absolute atomic E-state index is 13.5. The molecule has 1 fully saturated rings. The molecule has 2 aromatic carbocycles. The van der Waals surface area contributed by atoms with E-state index in [-0.39, 0.29) is 10.8 Å². The standard InChI is InChI=1S/C25H29N3O4S2/c1-19-11-16-33-23(19)18-27(2)24(20-7-4-3-5-8-20)25(29)26-21-9-6-10-22(17-21)34(30,31)28-12-14-32-15-13-28/h3-11,16-17,24H,12-15,18H2,1-2H3,(H,26,29)/t24-/m0/s1. The topological polar surface area (TPSA) is 79.0 Å². The molecule has 0 bridgehead atoms. The molecule has 1 N–H and O–H groups in total. The van der Waals surface area contributed by atoms with Crippen molar-refractivity contribution in [1.29, 1.82) is 0 Å². The smallest absolute Gasteiger partial charge is 0.246 e. The Morgan fingerprint density at radius 3 is 2.53 bits per heavy atom. The lowest BCUT2D eigenvalue weighted by Gasteiger charge is -2.28. The van der Waals surface area contributed by atoms with Crippen LogP contribution >= 0.6 is 11.3 Å². The fraction of sp³-hybridized carbons (Fsp3) is 0.320. The summed E-state index contributed by atoms with van der Waals surface area (Å²) in [5.74, 6) is -0.219. The summed E-state index contributed by atoms with van der Waals surface area (Å²) in [7, 11) is -1.73. The van der Waals surface area contributed by atoms with E-state index >= 15 is 0 Å². The number of sulfonamides is 1. The number of hydrogen-bond acceptors (Lipinski definition) is 6. The van der Waals surface area contributed by atoms with Gasteiger partial charge < -0.3 is 10.1 Å². The Morgan fingerprint density at radius 2 is 1.85 bits per heavy atom. The predicted molar refractivity (Wildman–Crippen MR) is 134 cm³/mol. The number of thiophene rings is 1. The second-order valence-corrected chi connectivity index (χ2v) is 11.2. The molecule has 180 valence electrons. The molecule has 34 heavy (non-hydrogen) atoms. The molecule has 1 aliphatic rings. The van der Waals surface area contributed by atoms with Crippen molar-refractivity contribution in [3.05, 3.63) is 82.0 Å². The van der Waals surface area contributed by atoms with Gasteiger partial charge in [0.05, 0.1) is 18.1 Å². The third kappa shape index (κ3) is 5.56. The number of aryl methyl sites for hydroxylation is 1. The molecule has 3 aromatic rings. The Labute approximate surface area is 205 Å². The third-order valence-corrected chi connectivity index (χ3v) is 8.78. The second kappa shape index (κ2) is 10.8.